The zero-order chi connectivity index (χ0) is 22.7. The van der Waals surface area contributed by atoms with E-state index in [1.807, 2.05) is 13.1 Å². The van der Waals surface area contributed by atoms with Crippen LogP contribution in [0.2, 0.25) is 0 Å². The molecule has 0 bridgehead atoms. The summed E-state index contributed by atoms with van der Waals surface area (Å²) >= 11 is 0. The third kappa shape index (κ3) is 5.09. The normalized spacial score (nSPS) is 18.1. The zero-order valence-electron chi connectivity index (χ0n) is 18.2. The molecule has 4 rings (SSSR count). The molecule has 0 fully saturated rings. The first-order valence-electron chi connectivity index (χ1n) is 10.9. The van der Waals surface area contributed by atoms with Gasteiger partial charge in [0.15, 0.2) is 5.03 Å². The Morgan fingerprint density at radius 2 is 2.03 bits per heavy atom. The monoisotopic (exact) mass is 456 g/mol. The molecule has 0 radical (unpaired) electrons. The third-order valence-corrected chi connectivity index (χ3v) is 7.08. The average Bonchev–Trinajstić information content (AvgIpc) is 3.35. The fraction of sp³-hybridized carbons (Fsp3) is 0.375. The van der Waals surface area contributed by atoms with Gasteiger partial charge in [-0.05, 0) is 79.4 Å². The summed E-state index contributed by atoms with van der Waals surface area (Å²) in [4.78, 5) is 3.82. The molecule has 3 N–H and O–H groups in total. The van der Waals surface area contributed by atoms with Crippen LogP contribution in [0.4, 0.5) is 4.39 Å². The first-order chi connectivity index (χ1) is 15.3. The molecule has 1 heterocycles. The number of primary sulfonamides is 1. The number of fused-ring (bicyclic) bond motifs is 1. The molecular weight excluding hydrogens is 427 g/mol. The van der Waals surface area contributed by atoms with Gasteiger partial charge in [-0.25, -0.2) is 22.9 Å². The molecule has 0 aliphatic heterocycles. The van der Waals surface area contributed by atoms with Crippen LogP contribution in [0.1, 0.15) is 34.6 Å². The van der Waals surface area contributed by atoms with Crippen LogP contribution in [0.3, 0.4) is 0 Å². The predicted molar refractivity (Wildman–Crippen MR) is 122 cm³/mol. The molecule has 0 saturated carbocycles. The second-order valence-electron chi connectivity index (χ2n) is 8.56. The molecule has 1 aliphatic rings. The Balaban J connectivity index is 1.50. The Labute approximate surface area is 188 Å². The van der Waals surface area contributed by atoms with Gasteiger partial charge in [-0.15, -0.1) is 0 Å². The van der Waals surface area contributed by atoms with E-state index < -0.39 is 10.0 Å². The van der Waals surface area contributed by atoms with Crippen LogP contribution < -0.4 is 10.5 Å². The van der Waals surface area contributed by atoms with E-state index in [1.54, 1.807) is 10.6 Å². The van der Waals surface area contributed by atoms with Gasteiger partial charge in [0, 0.05) is 12.7 Å². The van der Waals surface area contributed by atoms with Gasteiger partial charge in [0.05, 0.1) is 6.33 Å². The number of nitrogens with zero attached hydrogens (tertiary/aromatic N) is 2. The van der Waals surface area contributed by atoms with Crippen molar-refractivity contribution in [1.29, 1.82) is 0 Å². The summed E-state index contributed by atoms with van der Waals surface area (Å²) in [6.07, 6.45) is 5.91. The fourth-order valence-electron chi connectivity index (χ4n) is 4.75. The highest BCUT2D eigenvalue weighted by Crippen LogP contribution is 2.41. The van der Waals surface area contributed by atoms with Gasteiger partial charge in [0.25, 0.3) is 10.0 Å². The number of sulfonamides is 1. The second kappa shape index (κ2) is 9.52. The van der Waals surface area contributed by atoms with Crippen molar-refractivity contribution in [3.8, 4) is 0 Å². The minimum Gasteiger partial charge on any atom is -0.336 e. The molecule has 1 aromatic heterocycles. The van der Waals surface area contributed by atoms with Crippen LogP contribution in [-0.2, 0) is 35.8 Å². The van der Waals surface area contributed by atoms with Gasteiger partial charge < -0.3 is 9.88 Å². The lowest BCUT2D eigenvalue weighted by Gasteiger charge is -2.21. The molecule has 8 heteroatoms. The van der Waals surface area contributed by atoms with E-state index in [4.69, 9.17) is 5.14 Å². The van der Waals surface area contributed by atoms with Crippen molar-refractivity contribution in [3.05, 3.63) is 83.1 Å². The van der Waals surface area contributed by atoms with Gasteiger partial charge in [-0.1, -0.05) is 36.4 Å². The van der Waals surface area contributed by atoms with E-state index >= 15 is 0 Å². The third-order valence-electron chi connectivity index (χ3n) is 6.29. The largest absolute Gasteiger partial charge is 0.336 e. The lowest BCUT2D eigenvalue weighted by molar-refractivity contribution is 0.436. The Kier molecular flexibility index (Phi) is 6.74. The number of benzene rings is 2. The maximum atomic E-state index is 14.9. The molecule has 170 valence electrons. The minimum absolute atomic E-state index is 0.152. The van der Waals surface area contributed by atoms with Crippen LogP contribution in [0.25, 0.3) is 0 Å². The Bertz CT molecular complexity index is 1180. The molecule has 0 amide bonds. The number of nitrogens with two attached hydrogens (primary N) is 1. The lowest BCUT2D eigenvalue weighted by Crippen LogP contribution is -2.23. The van der Waals surface area contributed by atoms with Gasteiger partial charge in [0.1, 0.15) is 5.82 Å². The van der Waals surface area contributed by atoms with Crippen LogP contribution >= 0.6 is 0 Å². The van der Waals surface area contributed by atoms with Crippen molar-refractivity contribution in [2.45, 2.75) is 43.2 Å². The van der Waals surface area contributed by atoms with Crippen LogP contribution in [-0.4, -0.2) is 31.6 Å². The standard InChI is InChI=1S/C24H29FN4O2S/c1-27-14-20-11-19-13-23(25)18(8-5-9-29-15-24(28-16-29)32(26,30)31)12-22(19)21(20)10-17-6-3-2-4-7-17/h2-4,6-7,12-13,15-16,20-21,27H,5,8-11,14H2,1H3,(H2,26,30,31). The Morgan fingerprint density at radius 1 is 1.25 bits per heavy atom. The van der Waals surface area contributed by atoms with Gasteiger partial charge in [-0.3, -0.25) is 0 Å². The highest BCUT2D eigenvalue weighted by atomic mass is 32.2. The van der Waals surface area contributed by atoms with Crippen molar-refractivity contribution in [2.75, 3.05) is 13.6 Å². The number of aromatic nitrogens is 2. The van der Waals surface area contributed by atoms with Crippen molar-refractivity contribution in [3.63, 3.8) is 0 Å². The van der Waals surface area contributed by atoms with Gasteiger partial charge in [0.2, 0.25) is 0 Å². The van der Waals surface area contributed by atoms with E-state index in [-0.39, 0.29) is 10.8 Å². The number of rotatable bonds is 9. The molecule has 2 atom stereocenters. The van der Waals surface area contributed by atoms with Gasteiger partial charge >= 0.3 is 0 Å². The molecule has 0 saturated heterocycles. The van der Waals surface area contributed by atoms with E-state index in [1.165, 1.54) is 23.7 Å². The quantitative estimate of drug-likeness (QED) is 0.518. The number of aryl methyl sites for hydroxylation is 2. The van der Waals surface area contributed by atoms with E-state index in [0.29, 0.717) is 36.8 Å². The smallest absolute Gasteiger partial charge is 0.257 e. The lowest BCUT2D eigenvalue weighted by atomic mass is 9.86. The summed E-state index contributed by atoms with van der Waals surface area (Å²) in [5.41, 5.74) is 4.37. The first kappa shape index (κ1) is 22.6. The maximum absolute atomic E-state index is 14.9. The van der Waals surface area contributed by atoms with Crippen molar-refractivity contribution in [2.24, 2.45) is 11.1 Å². The minimum atomic E-state index is -3.81. The summed E-state index contributed by atoms with van der Waals surface area (Å²) in [5, 5.41) is 8.25. The summed E-state index contributed by atoms with van der Waals surface area (Å²) in [6.45, 7) is 1.44. The van der Waals surface area contributed by atoms with Gasteiger partial charge in [-0.2, -0.15) is 0 Å². The molecule has 3 aromatic rings. The average molecular weight is 457 g/mol. The summed E-state index contributed by atoms with van der Waals surface area (Å²) in [5.74, 6) is 0.626. The highest BCUT2D eigenvalue weighted by molar-refractivity contribution is 7.89. The van der Waals surface area contributed by atoms with E-state index in [0.717, 1.165) is 24.9 Å². The van der Waals surface area contributed by atoms with Crippen LogP contribution in [0, 0.1) is 11.7 Å². The molecular formula is C24H29FN4O2S. The molecule has 6 nitrogen and oxygen atoms in total. The molecule has 32 heavy (non-hydrogen) atoms. The predicted octanol–water partition coefficient (Wildman–Crippen LogP) is 3.02. The SMILES string of the molecule is CNCC1Cc2cc(F)c(CCCn3cnc(S(N)(=O)=O)c3)cc2C1Cc1ccccc1. The van der Waals surface area contributed by atoms with E-state index in [2.05, 4.69) is 40.6 Å². The zero-order valence-corrected chi connectivity index (χ0v) is 19.0. The van der Waals surface area contributed by atoms with Crippen molar-refractivity contribution >= 4 is 10.0 Å². The summed E-state index contributed by atoms with van der Waals surface area (Å²) < 4.78 is 39.3. The highest BCUT2D eigenvalue weighted by Gasteiger charge is 2.33. The number of halogens is 1. The second-order valence-corrected chi connectivity index (χ2v) is 10.1. The van der Waals surface area contributed by atoms with Crippen LogP contribution in [0.15, 0.2) is 60.0 Å². The first-order valence-corrected chi connectivity index (χ1v) is 12.4. The molecule has 2 aromatic carbocycles. The number of nitrogens with one attached hydrogen (secondary N) is 1. The Morgan fingerprint density at radius 3 is 2.72 bits per heavy atom. The summed E-state index contributed by atoms with van der Waals surface area (Å²) in [7, 11) is -1.85. The van der Waals surface area contributed by atoms with Crippen LogP contribution in [0.5, 0.6) is 0 Å². The number of imidazole rings is 1. The maximum Gasteiger partial charge on any atom is 0.257 e. The van der Waals surface area contributed by atoms with E-state index in [9.17, 15) is 12.8 Å². The number of hydrogen-bond acceptors (Lipinski definition) is 4. The topological polar surface area (TPSA) is 90.0 Å². The van der Waals surface area contributed by atoms with Crippen molar-refractivity contribution < 1.29 is 12.8 Å². The number of hydrogen-bond donors (Lipinski definition) is 2. The molecule has 0 spiro atoms. The summed E-state index contributed by atoms with van der Waals surface area (Å²) in [6, 6.07) is 14.2. The van der Waals surface area contributed by atoms with Crippen molar-refractivity contribution in [1.82, 2.24) is 14.9 Å². The molecule has 1 aliphatic carbocycles. The fourth-order valence-corrected chi connectivity index (χ4v) is 5.23. The molecule has 2 unspecified atom stereocenters. The Hall–Kier alpha value is -2.55.